The molecule has 1 aromatic rings. The topological polar surface area (TPSA) is 55.4 Å². The smallest absolute Gasteiger partial charge is 0.262 e. The first kappa shape index (κ1) is 15.1. The largest absolute Gasteiger partial charge is 0.290 e. The summed E-state index contributed by atoms with van der Waals surface area (Å²) in [5, 5.41) is 0. The Balaban J connectivity index is 3.08. The molecule has 0 aromatic heterocycles. The van der Waals surface area contributed by atoms with Crippen LogP contribution < -0.4 is 4.89 Å². The minimum atomic E-state index is -3.57. The highest BCUT2D eigenvalue weighted by molar-refractivity contribution is 7.89. The second kappa shape index (κ2) is 5.38. The highest BCUT2D eigenvalue weighted by Crippen LogP contribution is 2.31. The lowest BCUT2D eigenvalue weighted by atomic mass is 9.75. The van der Waals surface area contributed by atoms with Crippen LogP contribution in [-0.4, -0.2) is 15.5 Å². The third-order valence-corrected chi connectivity index (χ3v) is 4.82. The molecule has 0 fully saturated rings. The van der Waals surface area contributed by atoms with Gasteiger partial charge in [-0.15, -0.1) is 0 Å². The van der Waals surface area contributed by atoms with Crippen LogP contribution in [0.1, 0.15) is 33.3 Å². The summed E-state index contributed by atoms with van der Waals surface area (Å²) in [6, 6.07) is 6.90. The molecule has 0 amide bonds. The van der Waals surface area contributed by atoms with Crippen LogP contribution in [0.3, 0.4) is 0 Å². The van der Waals surface area contributed by atoms with E-state index in [-0.39, 0.29) is 10.3 Å². The molecule has 0 atom stereocenters. The summed E-state index contributed by atoms with van der Waals surface area (Å²) in [6.45, 7) is 8.59. The third kappa shape index (κ3) is 3.10. The lowest BCUT2D eigenvalue weighted by Crippen LogP contribution is -2.25. The minimum absolute atomic E-state index is 0.0109. The highest BCUT2D eigenvalue weighted by Gasteiger charge is 2.25. The van der Waals surface area contributed by atoms with Crippen LogP contribution in [0.25, 0.3) is 0 Å². The Kier molecular flexibility index (Phi) is 4.53. The van der Waals surface area contributed by atoms with E-state index in [1.807, 2.05) is 17.0 Å². The van der Waals surface area contributed by atoms with Crippen LogP contribution in [0.4, 0.5) is 0 Å². The van der Waals surface area contributed by atoms with Gasteiger partial charge in [-0.3, -0.25) is 4.84 Å². The molecule has 0 aliphatic heterocycles. The number of hydrogen-bond acceptors (Lipinski definition) is 3. The van der Waals surface area contributed by atoms with Gasteiger partial charge in [0.25, 0.3) is 10.0 Å². The summed E-state index contributed by atoms with van der Waals surface area (Å²) < 4.78 is 23.4. The SMILES string of the molecule is CONS(=O)(=O)c1ccc(C(C)(C)C(C)C)cc1. The molecule has 0 saturated heterocycles. The van der Waals surface area contributed by atoms with Gasteiger partial charge < -0.3 is 0 Å². The van der Waals surface area contributed by atoms with Gasteiger partial charge in [0.15, 0.2) is 0 Å². The average Bonchev–Trinajstić information content (AvgIpc) is 2.29. The zero-order valence-corrected chi connectivity index (χ0v) is 12.3. The molecule has 0 heterocycles. The Hall–Kier alpha value is -0.910. The molecule has 1 aromatic carbocycles. The van der Waals surface area contributed by atoms with Gasteiger partial charge in [-0.25, -0.2) is 8.42 Å². The van der Waals surface area contributed by atoms with Crippen molar-refractivity contribution >= 4 is 10.0 Å². The van der Waals surface area contributed by atoms with Crippen molar-refractivity contribution in [1.29, 1.82) is 0 Å². The van der Waals surface area contributed by atoms with Crippen LogP contribution in [0.15, 0.2) is 29.2 Å². The van der Waals surface area contributed by atoms with Crippen molar-refractivity contribution in [3.05, 3.63) is 29.8 Å². The lowest BCUT2D eigenvalue weighted by Gasteiger charge is -2.30. The molecule has 0 spiro atoms. The van der Waals surface area contributed by atoms with Crippen molar-refractivity contribution in [1.82, 2.24) is 4.89 Å². The monoisotopic (exact) mass is 271 g/mol. The van der Waals surface area contributed by atoms with E-state index in [1.54, 1.807) is 12.1 Å². The van der Waals surface area contributed by atoms with E-state index in [0.29, 0.717) is 5.92 Å². The Morgan fingerprint density at radius 1 is 1.17 bits per heavy atom. The quantitative estimate of drug-likeness (QED) is 0.837. The van der Waals surface area contributed by atoms with Gasteiger partial charge in [0, 0.05) is 0 Å². The predicted molar refractivity (Wildman–Crippen MR) is 71.6 cm³/mol. The Labute approximate surface area is 109 Å². The number of rotatable bonds is 5. The summed E-state index contributed by atoms with van der Waals surface area (Å²) in [4.78, 5) is 6.65. The molecule has 0 aliphatic carbocycles. The van der Waals surface area contributed by atoms with E-state index in [9.17, 15) is 8.42 Å². The predicted octanol–water partition coefficient (Wildman–Crippen LogP) is 2.46. The van der Waals surface area contributed by atoms with Crippen LogP contribution in [-0.2, 0) is 20.3 Å². The van der Waals surface area contributed by atoms with Gasteiger partial charge in [0.1, 0.15) is 0 Å². The first-order chi connectivity index (χ1) is 8.21. The highest BCUT2D eigenvalue weighted by atomic mass is 32.2. The summed E-state index contributed by atoms with van der Waals surface area (Å²) in [6.07, 6.45) is 0. The average molecular weight is 271 g/mol. The zero-order valence-electron chi connectivity index (χ0n) is 11.5. The van der Waals surface area contributed by atoms with Gasteiger partial charge >= 0.3 is 0 Å². The second-order valence-electron chi connectivity index (χ2n) is 5.19. The molecule has 1 rings (SSSR count). The molecule has 4 nitrogen and oxygen atoms in total. The molecule has 1 N–H and O–H groups in total. The van der Waals surface area contributed by atoms with Gasteiger partial charge in [0.2, 0.25) is 0 Å². The van der Waals surface area contributed by atoms with Crippen LogP contribution in [0.5, 0.6) is 0 Å². The zero-order chi connectivity index (χ0) is 14.0. The molecule has 18 heavy (non-hydrogen) atoms. The summed E-state index contributed by atoms with van der Waals surface area (Å²) in [7, 11) is -2.29. The van der Waals surface area contributed by atoms with Gasteiger partial charge in [-0.2, -0.15) is 0 Å². The molecule has 0 radical (unpaired) electrons. The number of hydrogen-bond donors (Lipinski definition) is 1. The fourth-order valence-corrected chi connectivity index (χ4v) is 2.36. The van der Waals surface area contributed by atoms with E-state index >= 15 is 0 Å². The summed E-state index contributed by atoms with van der Waals surface area (Å²) >= 11 is 0. The lowest BCUT2D eigenvalue weighted by molar-refractivity contribution is 0.153. The Morgan fingerprint density at radius 3 is 2.06 bits per heavy atom. The third-order valence-electron chi connectivity index (χ3n) is 3.55. The Morgan fingerprint density at radius 2 is 1.67 bits per heavy atom. The Bertz CT molecular complexity index is 489. The van der Waals surface area contributed by atoms with Gasteiger partial charge in [0.05, 0.1) is 12.0 Å². The number of benzene rings is 1. The first-order valence-electron chi connectivity index (χ1n) is 5.87. The summed E-state index contributed by atoms with van der Waals surface area (Å²) in [5.41, 5.74) is 1.13. The number of nitrogens with one attached hydrogen (secondary N) is 1. The maximum absolute atomic E-state index is 11.7. The van der Waals surface area contributed by atoms with E-state index < -0.39 is 10.0 Å². The first-order valence-corrected chi connectivity index (χ1v) is 7.35. The van der Waals surface area contributed by atoms with Crippen molar-refractivity contribution < 1.29 is 13.3 Å². The normalized spacial score (nSPS) is 13.0. The van der Waals surface area contributed by atoms with Crippen molar-refractivity contribution in [3.63, 3.8) is 0 Å². The molecule has 0 aliphatic rings. The fourth-order valence-electron chi connectivity index (χ4n) is 1.55. The van der Waals surface area contributed by atoms with Crippen molar-refractivity contribution in [2.75, 3.05) is 7.11 Å². The molecule has 102 valence electrons. The van der Waals surface area contributed by atoms with Crippen molar-refractivity contribution in [2.24, 2.45) is 5.92 Å². The molecule has 5 heteroatoms. The van der Waals surface area contributed by atoms with Gasteiger partial charge in [-0.1, -0.05) is 44.7 Å². The summed E-state index contributed by atoms with van der Waals surface area (Å²) in [5.74, 6) is 0.469. The molecule has 0 saturated carbocycles. The van der Waals surface area contributed by atoms with Crippen molar-refractivity contribution in [3.8, 4) is 0 Å². The fraction of sp³-hybridized carbons (Fsp3) is 0.538. The van der Waals surface area contributed by atoms with Crippen molar-refractivity contribution in [2.45, 2.75) is 38.0 Å². The standard InChI is InChI=1S/C13H21NO3S/c1-10(2)13(3,4)11-6-8-12(9-7-11)18(15,16)14-17-5/h6-10,14H,1-5H3. The minimum Gasteiger partial charge on any atom is -0.290 e. The molecular weight excluding hydrogens is 250 g/mol. The second-order valence-corrected chi connectivity index (χ2v) is 6.84. The number of sulfonamides is 1. The molecular formula is C13H21NO3S. The van der Waals surface area contributed by atoms with Crippen LogP contribution in [0, 0.1) is 5.92 Å². The van der Waals surface area contributed by atoms with E-state index in [2.05, 4.69) is 32.5 Å². The van der Waals surface area contributed by atoms with E-state index in [0.717, 1.165) is 5.56 Å². The van der Waals surface area contributed by atoms with Gasteiger partial charge in [-0.05, 0) is 29.0 Å². The molecule has 0 bridgehead atoms. The molecule has 0 unspecified atom stereocenters. The van der Waals surface area contributed by atoms with E-state index in [1.165, 1.54) is 7.11 Å². The van der Waals surface area contributed by atoms with E-state index in [4.69, 9.17) is 0 Å². The van der Waals surface area contributed by atoms with Crippen LogP contribution in [0.2, 0.25) is 0 Å². The van der Waals surface area contributed by atoms with Crippen LogP contribution >= 0.6 is 0 Å². The maximum atomic E-state index is 11.7. The maximum Gasteiger partial charge on any atom is 0.262 e.